The number of aromatic nitrogens is 4. The summed E-state index contributed by atoms with van der Waals surface area (Å²) >= 11 is 0. The highest BCUT2D eigenvalue weighted by Gasteiger charge is 2.44. The van der Waals surface area contributed by atoms with Crippen molar-refractivity contribution in [3.63, 3.8) is 0 Å². The number of fused-ring (bicyclic) bond motifs is 1. The Labute approximate surface area is 142 Å². The van der Waals surface area contributed by atoms with Crippen LogP contribution in [0.25, 0.3) is 11.2 Å². The molecule has 4 atom stereocenters. The molecule has 4 rings (SSSR count). The Morgan fingerprint density at radius 1 is 1.28 bits per heavy atom. The van der Waals surface area contributed by atoms with E-state index < -0.39 is 31.1 Å². The van der Waals surface area contributed by atoms with E-state index in [0.717, 1.165) is 0 Å². The molecule has 134 valence electrons. The molecular formula is C14H19N7O4. The third-order valence-corrected chi connectivity index (χ3v) is 4.55. The van der Waals surface area contributed by atoms with Gasteiger partial charge in [-0.15, -0.1) is 0 Å². The monoisotopic (exact) mass is 349 g/mol. The van der Waals surface area contributed by atoms with Crippen LogP contribution >= 0.6 is 0 Å². The standard InChI is InChI=1S/C14H19N7O4/c1-14(19-20-14)3-2-7-17-11(15)8-12(18-7)21(5-16-8)13-10(24)9(23)6(4-22)25-13/h5-6,9-10,13,22-24H,2-4H2,1H3,(H2,15,17,18)/t6-,9-,10-,13-/m1/s1. The summed E-state index contributed by atoms with van der Waals surface area (Å²) in [6.45, 7) is 1.51. The first kappa shape index (κ1) is 16.3. The molecule has 0 aliphatic carbocycles. The van der Waals surface area contributed by atoms with Crippen LogP contribution in [0.2, 0.25) is 0 Å². The van der Waals surface area contributed by atoms with Gasteiger partial charge in [-0.25, -0.2) is 15.0 Å². The molecule has 1 saturated heterocycles. The Bertz CT molecular complexity index is 832. The molecule has 0 spiro atoms. The van der Waals surface area contributed by atoms with Crippen molar-refractivity contribution in [2.45, 2.75) is 50.0 Å². The second-order valence-corrected chi connectivity index (χ2v) is 6.49. The molecule has 0 unspecified atom stereocenters. The summed E-state index contributed by atoms with van der Waals surface area (Å²) in [5.74, 6) is 0.734. The maximum absolute atomic E-state index is 10.2. The van der Waals surface area contributed by atoms with E-state index in [2.05, 4.69) is 25.2 Å². The Balaban J connectivity index is 1.66. The third-order valence-electron chi connectivity index (χ3n) is 4.55. The van der Waals surface area contributed by atoms with Gasteiger partial charge in [-0.1, -0.05) is 0 Å². The molecule has 2 aromatic heterocycles. The number of aliphatic hydroxyl groups is 3. The topological polar surface area (TPSA) is 164 Å². The van der Waals surface area contributed by atoms with Crippen molar-refractivity contribution in [2.75, 3.05) is 12.3 Å². The average Bonchev–Trinajstić information content (AvgIpc) is 3.06. The highest BCUT2D eigenvalue weighted by Crippen LogP contribution is 2.33. The largest absolute Gasteiger partial charge is 0.394 e. The molecule has 25 heavy (non-hydrogen) atoms. The van der Waals surface area contributed by atoms with Gasteiger partial charge >= 0.3 is 0 Å². The minimum atomic E-state index is -1.22. The fourth-order valence-electron chi connectivity index (χ4n) is 2.93. The lowest BCUT2D eigenvalue weighted by Crippen LogP contribution is -2.33. The number of nitrogen functional groups attached to an aromatic ring is 1. The number of ether oxygens (including phenoxy) is 1. The van der Waals surface area contributed by atoms with E-state index >= 15 is 0 Å². The molecule has 2 aliphatic rings. The summed E-state index contributed by atoms with van der Waals surface area (Å²) in [5, 5.41) is 37.3. The number of anilines is 1. The second kappa shape index (κ2) is 5.66. The number of nitrogens with zero attached hydrogens (tertiary/aromatic N) is 6. The normalized spacial score (nSPS) is 30.2. The van der Waals surface area contributed by atoms with Crippen LogP contribution in [-0.2, 0) is 11.2 Å². The average molecular weight is 349 g/mol. The van der Waals surface area contributed by atoms with Gasteiger partial charge in [0, 0.05) is 12.8 Å². The van der Waals surface area contributed by atoms with Gasteiger partial charge in [-0.2, -0.15) is 10.2 Å². The zero-order chi connectivity index (χ0) is 17.8. The molecule has 1 fully saturated rings. The van der Waals surface area contributed by atoms with Gasteiger partial charge in [0.25, 0.3) is 0 Å². The maximum Gasteiger partial charge on any atom is 0.188 e. The van der Waals surface area contributed by atoms with Gasteiger partial charge in [0.05, 0.1) is 12.9 Å². The predicted molar refractivity (Wildman–Crippen MR) is 84.3 cm³/mol. The van der Waals surface area contributed by atoms with Crippen LogP contribution < -0.4 is 5.73 Å². The van der Waals surface area contributed by atoms with Crippen LogP contribution in [0.15, 0.2) is 16.6 Å². The molecule has 11 nitrogen and oxygen atoms in total. The second-order valence-electron chi connectivity index (χ2n) is 6.49. The van der Waals surface area contributed by atoms with Crippen molar-refractivity contribution in [2.24, 2.45) is 10.2 Å². The predicted octanol–water partition coefficient (Wildman–Crippen LogP) is -0.865. The number of rotatable bonds is 5. The van der Waals surface area contributed by atoms with E-state index in [-0.39, 0.29) is 11.5 Å². The fraction of sp³-hybridized carbons (Fsp3) is 0.643. The lowest BCUT2D eigenvalue weighted by atomic mass is 10.1. The summed E-state index contributed by atoms with van der Waals surface area (Å²) in [6.07, 6.45) is -1.61. The molecule has 0 saturated carbocycles. The van der Waals surface area contributed by atoms with Crippen molar-refractivity contribution < 1.29 is 20.1 Å². The van der Waals surface area contributed by atoms with Crippen LogP contribution in [0.3, 0.4) is 0 Å². The first-order valence-electron chi connectivity index (χ1n) is 7.97. The maximum atomic E-state index is 10.2. The van der Waals surface area contributed by atoms with Crippen molar-refractivity contribution in [1.29, 1.82) is 0 Å². The summed E-state index contributed by atoms with van der Waals surface area (Å²) in [5.41, 5.74) is 6.39. The molecule has 11 heteroatoms. The quantitative estimate of drug-likeness (QED) is 0.541. The van der Waals surface area contributed by atoms with Gasteiger partial charge < -0.3 is 25.8 Å². The van der Waals surface area contributed by atoms with Crippen LogP contribution in [-0.4, -0.2) is 65.4 Å². The number of aryl methyl sites for hydroxylation is 1. The number of nitrogens with two attached hydrogens (primary N) is 1. The number of hydrogen-bond acceptors (Lipinski definition) is 10. The molecular weight excluding hydrogens is 330 g/mol. The Morgan fingerprint density at radius 2 is 2.04 bits per heavy atom. The van der Waals surface area contributed by atoms with E-state index in [4.69, 9.17) is 10.5 Å². The fourth-order valence-corrected chi connectivity index (χ4v) is 2.93. The van der Waals surface area contributed by atoms with Gasteiger partial charge in [0.1, 0.15) is 29.7 Å². The smallest absolute Gasteiger partial charge is 0.188 e. The van der Waals surface area contributed by atoms with E-state index in [0.29, 0.717) is 29.8 Å². The summed E-state index contributed by atoms with van der Waals surface area (Å²) in [4.78, 5) is 12.9. The van der Waals surface area contributed by atoms with Crippen LogP contribution in [0.5, 0.6) is 0 Å². The van der Waals surface area contributed by atoms with E-state index in [9.17, 15) is 15.3 Å². The molecule has 0 radical (unpaired) electrons. The van der Waals surface area contributed by atoms with E-state index in [1.807, 2.05) is 6.92 Å². The molecule has 2 aliphatic heterocycles. The minimum Gasteiger partial charge on any atom is -0.394 e. The zero-order valence-electron chi connectivity index (χ0n) is 13.5. The van der Waals surface area contributed by atoms with Gasteiger partial charge in [-0.05, 0) is 6.92 Å². The molecule has 0 amide bonds. The lowest BCUT2D eigenvalue weighted by molar-refractivity contribution is -0.0511. The number of aliphatic hydroxyl groups excluding tert-OH is 3. The van der Waals surface area contributed by atoms with Crippen LogP contribution in [0, 0.1) is 0 Å². The Morgan fingerprint density at radius 3 is 2.68 bits per heavy atom. The third kappa shape index (κ3) is 2.74. The highest BCUT2D eigenvalue weighted by atomic mass is 16.6. The van der Waals surface area contributed by atoms with E-state index in [1.165, 1.54) is 10.9 Å². The zero-order valence-corrected chi connectivity index (χ0v) is 13.5. The van der Waals surface area contributed by atoms with Crippen molar-refractivity contribution in [3.05, 3.63) is 12.2 Å². The van der Waals surface area contributed by atoms with Gasteiger partial charge in [0.2, 0.25) is 0 Å². The summed E-state index contributed by atoms with van der Waals surface area (Å²) in [6, 6.07) is 0. The minimum absolute atomic E-state index is 0.223. The molecule has 4 heterocycles. The lowest BCUT2D eigenvalue weighted by Gasteiger charge is -2.16. The van der Waals surface area contributed by atoms with Gasteiger partial charge in [0.15, 0.2) is 23.4 Å². The van der Waals surface area contributed by atoms with Crippen LogP contribution in [0.1, 0.15) is 25.4 Å². The van der Waals surface area contributed by atoms with E-state index in [1.54, 1.807) is 0 Å². The molecule has 2 aromatic rings. The van der Waals surface area contributed by atoms with Crippen molar-refractivity contribution >= 4 is 17.0 Å². The highest BCUT2D eigenvalue weighted by molar-refractivity contribution is 5.81. The van der Waals surface area contributed by atoms with Crippen molar-refractivity contribution in [3.8, 4) is 0 Å². The van der Waals surface area contributed by atoms with Crippen LogP contribution in [0.4, 0.5) is 5.82 Å². The molecule has 0 aromatic carbocycles. The summed E-state index contributed by atoms with van der Waals surface area (Å²) < 4.78 is 7.03. The SMILES string of the molecule is CC1(CCc2nc(N)c3ncn([C@@H]4O[C@H](CO)[C@@H](O)[C@H]4O)c3n2)N=N1. The van der Waals surface area contributed by atoms with Crippen molar-refractivity contribution in [1.82, 2.24) is 19.5 Å². The first-order chi connectivity index (χ1) is 11.9. The van der Waals surface area contributed by atoms with Gasteiger partial charge in [-0.3, -0.25) is 4.57 Å². The first-order valence-corrected chi connectivity index (χ1v) is 7.97. The Kier molecular flexibility index (Phi) is 3.68. The Hall–Kier alpha value is -2.21. The molecule has 0 bridgehead atoms. The summed E-state index contributed by atoms with van der Waals surface area (Å²) in [7, 11) is 0. The molecule has 5 N–H and O–H groups in total. The number of imidazole rings is 1. The number of hydrogen-bond donors (Lipinski definition) is 4.